The Labute approximate surface area is 126 Å². The highest BCUT2D eigenvalue weighted by molar-refractivity contribution is 5.06. The lowest BCUT2D eigenvalue weighted by Gasteiger charge is -2.24. The maximum absolute atomic E-state index is 4.44. The molecule has 0 amide bonds. The van der Waals surface area contributed by atoms with Crippen LogP contribution in [0.5, 0.6) is 0 Å². The van der Waals surface area contributed by atoms with Gasteiger partial charge in [0.15, 0.2) is 0 Å². The highest BCUT2D eigenvalue weighted by atomic mass is 15.3. The maximum Gasteiger partial charge on any atom is 0.150 e. The zero-order chi connectivity index (χ0) is 14.7. The molecule has 1 fully saturated rings. The molecule has 1 aliphatic heterocycles. The minimum Gasteiger partial charge on any atom is -0.316 e. The van der Waals surface area contributed by atoms with Gasteiger partial charge in [0.1, 0.15) is 12.2 Å². The first kappa shape index (κ1) is 14.2. The van der Waals surface area contributed by atoms with Gasteiger partial charge in [0.2, 0.25) is 0 Å². The van der Waals surface area contributed by atoms with Crippen LogP contribution in [-0.2, 0) is 13.1 Å². The second kappa shape index (κ2) is 6.35. The van der Waals surface area contributed by atoms with Gasteiger partial charge in [-0.15, -0.1) is 10.2 Å². The molecule has 2 aromatic heterocycles. The third-order valence-electron chi connectivity index (χ3n) is 3.96. The number of rotatable bonds is 5. The Balaban J connectivity index is 1.76. The third-order valence-corrected chi connectivity index (χ3v) is 3.96. The maximum atomic E-state index is 4.44. The summed E-state index contributed by atoms with van der Waals surface area (Å²) in [5.41, 5.74) is 1.12. The fourth-order valence-corrected chi connectivity index (χ4v) is 3.06. The van der Waals surface area contributed by atoms with Crippen molar-refractivity contribution in [2.45, 2.75) is 45.8 Å². The Hall–Kier alpha value is -1.75. The quantitative estimate of drug-likeness (QED) is 0.847. The molecule has 5 heteroatoms. The van der Waals surface area contributed by atoms with Gasteiger partial charge in [-0.05, 0) is 37.4 Å². The van der Waals surface area contributed by atoms with Crippen LogP contribution >= 0.6 is 0 Å². The van der Waals surface area contributed by atoms with Gasteiger partial charge in [0, 0.05) is 19.3 Å². The van der Waals surface area contributed by atoms with Gasteiger partial charge in [0.25, 0.3) is 0 Å². The number of hydrogen-bond acceptors (Lipinski definition) is 4. The molecule has 0 unspecified atom stereocenters. The molecule has 0 radical (unpaired) electrons. The summed E-state index contributed by atoms with van der Waals surface area (Å²) in [5.74, 6) is 1.71. The number of pyridine rings is 1. The number of nitrogens with zero attached hydrogens (tertiary/aromatic N) is 5. The average Bonchev–Trinajstić information content (AvgIpc) is 3.08. The van der Waals surface area contributed by atoms with Crippen molar-refractivity contribution >= 4 is 0 Å². The smallest absolute Gasteiger partial charge is 0.150 e. The Morgan fingerprint density at radius 2 is 2.24 bits per heavy atom. The monoisotopic (exact) mass is 285 g/mol. The Kier molecular flexibility index (Phi) is 4.29. The zero-order valence-corrected chi connectivity index (χ0v) is 12.8. The average molecular weight is 285 g/mol. The molecule has 1 atom stereocenters. The fraction of sp³-hybridized carbons (Fsp3) is 0.562. The van der Waals surface area contributed by atoms with E-state index in [-0.39, 0.29) is 0 Å². The molecule has 0 spiro atoms. The normalized spacial score (nSPS) is 19.5. The molecular weight excluding hydrogens is 262 g/mol. The van der Waals surface area contributed by atoms with Crippen LogP contribution < -0.4 is 0 Å². The lowest BCUT2D eigenvalue weighted by Crippen LogP contribution is -2.26. The van der Waals surface area contributed by atoms with Crippen LogP contribution in [0, 0.1) is 5.92 Å². The highest BCUT2D eigenvalue weighted by Gasteiger charge is 2.30. The predicted octanol–water partition coefficient (Wildman–Crippen LogP) is 2.67. The molecule has 1 aliphatic rings. The molecule has 5 nitrogen and oxygen atoms in total. The number of hydrogen-bond donors (Lipinski definition) is 0. The lowest BCUT2D eigenvalue weighted by atomic mass is 10.1. The van der Waals surface area contributed by atoms with Crippen LogP contribution in [0.3, 0.4) is 0 Å². The summed E-state index contributed by atoms with van der Waals surface area (Å²) in [5, 5.41) is 8.53. The molecule has 1 saturated heterocycles. The Morgan fingerprint density at radius 1 is 1.33 bits per heavy atom. The molecule has 0 N–H and O–H groups in total. The van der Waals surface area contributed by atoms with Crippen molar-refractivity contribution < 1.29 is 0 Å². The van der Waals surface area contributed by atoms with Crippen LogP contribution in [0.15, 0.2) is 30.7 Å². The van der Waals surface area contributed by atoms with E-state index in [1.165, 1.54) is 6.42 Å². The number of likely N-dealkylation sites (tertiary alicyclic amines) is 1. The van der Waals surface area contributed by atoms with Crippen LogP contribution in [0.4, 0.5) is 0 Å². The highest BCUT2D eigenvalue weighted by Crippen LogP contribution is 2.31. The van der Waals surface area contributed by atoms with Crippen molar-refractivity contribution in [2.75, 3.05) is 6.54 Å². The molecule has 2 aromatic rings. The summed E-state index contributed by atoms with van der Waals surface area (Å²) in [4.78, 5) is 6.92. The lowest BCUT2D eigenvalue weighted by molar-refractivity contribution is 0.230. The first-order valence-electron chi connectivity index (χ1n) is 7.75. The van der Waals surface area contributed by atoms with E-state index >= 15 is 0 Å². The van der Waals surface area contributed by atoms with Crippen molar-refractivity contribution in [1.29, 1.82) is 0 Å². The van der Waals surface area contributed by atoms with E-state index in [0.29, 0.717) is 12.0 Å². The van der Waals surface area contributed by atoms with E-state index in [0.717, 1.165) is 37.6 Å². The second-order valence-corrected chi connectivity index (χ2v) is 6.18. The zero-order valence-electron chi connectivity index (χ0n) is 12.8. The Morgan fingerprint density at radius 3 is 3.00 bits per heavy atom. The van der Waals surface area contributed by atoms with Gasteiger partial charge in [-0.25, -0.2) is 0 Å². The standard InChI is InChI=1S/C16H23N5/c1-13(2)10-21-12-18-19-16(21)15-7-5-9-20(15)11-14-6-3-4-8-17-14/h3-4,6,8,12-13,15H,5,7,9-11H2,1-2H3/t15-/m0/s1. The van der Waals surface area contributed by atoms with Gasteiger partial charge in [-0.3, -0.25) is 9.88 Å². The first-order chi connectivity index (χ1) is 10.2. The first-order valence-corrected chi connectivity index (χ1v) is 7.75. The fourth-order valence-electron chi connectivity index (χ4n) is 3.06. The summed E-state index contributed by atoms with van der Waals surface area (Å²) >= 11 is 0. The summed E-state index contributed by atoms with van der Waals surface area (Å²) in [6, 6.07) is 6.47. The van der Waals surface area contributed by atoms with Gasteiger partial charge < -0.3 is 4.57 Å². The van der Waals surface area contributed by atoms with E-state index < -0.39 is 0 Å². The summed E-state index contributed by atoms with van der Waals surface area (Å²) in [6.07, 6.45) is 6.10. The molecule has 3 heterocycles. The van der Waals surface area contributed by atoms with Crippen LogP contribution in [0.2, 0.25) is 0 Å². The van der Waals surface area contributed by atoms with E-state index in [9.17, 15) is 0 Å². The van der Waals surface area contributed by atoms with E-state index in [1.54, 1.807) is 0 Å². The number of aromatic nitrogens is 4. The SMILES string of the molecule is CC(C)Cn1cnnc1[C@@H]1CCCN1Cc1ccccn1. The summed E-state index contributed by atoms with van der Waals surface area (Å²) in [6.45, 7) is 7.43. The van der Waals surface area contributed by atoms with Gasteiger partial charge in [0.05, 0.1) is 11.7 Å². The van der Waals surface area contributed by atoms with Gasteiger partial charge in [-0.2, -0.15) is 0 Å². The molecule has 0 saturated carbocycles. The molecule has 0 bridgehead atoms. The largest absolute Gasteiger partial charge is 0.316 e. The molecule has 112 valence electrons. The topological polar surface area (TPSA) is 46.8 Å². The molecule has 21 heavy (non-hydrogen) atoms. The Bertz CT molecular complexity index is 563. The third kappa shape index (κ3) is 3.29. The van der Waals surface area contributed by atoms with Gasteiger partial charge in [-0.1, -0.05) is 19.9 Å². The molecule has 3 rings (SSSR count). The minimum absolute atomic E-state index is 0.369. The van der Waals surface area contributed by atoms with Crippen molar-refractivity contribution in [2.24, 2.45) is 5.92 Å². The van der Waals surface area contributed by atoms with Crippen molar-refractivity contribution in [1.82, 2.24) is 24.6 Å². The minimum atomic E-state index is 0.369. The summed E-state index contributed by atoms with van der Waals surface area (Å²) in [7, 11) is 0. The van der Waals surface area contributed by atoms with Crippen LogP contribution in [0.25, 0.3) is 0 Å². The van der Waals surface area contributed by atoms with E-state index in [1.807, 2.05) is 18.6 Å². The van der Waals surface area contributed by atoms with Crippen LogP contribution in [0.1, 0.15) is 44.2 Å². The van der Waals surface area contributed by atoms with Crippen LogP contribution in [-0.4, -0.2) is 31.2 Å². The molecule has 0 aliphatic carbocycles. The second-order valence-electron chi connectivity index (χ2n) is 6.18. The van der Waals surface area contributed by atoms with E-state index in [4.69, 9.17) is 0 Å². The van der Waals surface area contributed by atoms with Gasteiger partial charge >= 0.3 is 0 Å². The van der Waals surface area contributed by atoms with E-state index in [2.05, 4.69) is 50.6 Å². The van der Waals surface area contributed by atoms with Crippen molar-refractivity contribution in [3.8, 4) is 0 Å². The predicted molar refractivity (Wildman–Crippen MR) is 81.5 cm³/mol. The van der Waals surface area contributed by atoms with Crippen molar-refractivity contribution in [3.63, 3.8) is 0 Å². The van der Waals surface area contributed by atoms with Crippen molar-refractivity contribution in [3.05, 3.63) is 42.2 Å². The summed E-state index contributed by atoms with van der Waals surface area (Å²) < 4.78 is 2.21. The molecular formula is C16H23N5. The molecule has 0 aromatic carbocycles.